The van der Waals surface area contributed by atoms with E-state index in [1.54, 1.807) is 4.52 Å². The van der Waals surface area contributed by atoms with Crippen molar-refractivity contribution in [2.75, 3.05) is 12.3 Å². The Bertz CT molecular complexity index is 858. The van der Waals surface area contributed by atoms with Gasteiger partial charge < -0.3 is 5.32 Å². The maximum Gasteiger partial charge on any atom is 0.230 e. The zero-order valence-electron chi connectivity index (χ0n) is 13.4. The number of carbonyl (C=O) groups excluding carboxylic acids is 1. The van der Waals surface area contributed by atoms with Crippen molar-refractivity contribution in [1.29, 1.82) is 0 Å². The highest BCUT2D eigenvalue weighted by Gasteiger charge is 2.13. The van der Waals surface area contributed by atoms with Crippen LogP contribution in [0.5, 0.6) is 0 Å². The molecule has 0 fully saturated rings. The number of nitrogens with zero attached hydrogens (tertiary/aromatic N) is 4. The largest absolute Gasteiger partial charge is 0.355 e. The minimum Gasteiger partial charge on any atom is -0.355 e. The van der Waals surface area contributed by atoms with Gasteiger partial charge in [0.2, 0.25) is 5.91 Å². The third-order valence-electron chi connectivity index (χ3n) is 3.30. The van der Waals surface area contributed by atoms with Crippen LogP contribution in [0.4, 0.5) is 0 Å². The molecule has 0 radical (unpaired) electrons. The molecule has 1 amide bonds. The first-order valence-electron chi connectivity index (χ1n) is 7.56. The van der Waals surface area contributed by atoms with Crippen molar-refractivity contribution in [2.24, 2.45) is 5.92 Å². The molecule has 0 saturated carbocycles. The number of thioether (sulfide) groups is 1. The normalized spacial score (nSPS) is 11.5. The SMILES string of the molecule is Cc1nc2c3ccccc3nc(SCC(=O)NCC(C)C)n2n1. The number of carbonyl (C=O) groups is 1. The molecule has 0 bridgehead atoms. The van der Waals surface area contributed by atoms with E-state index in [1.807, 2.05) is 31.2 Å². The summed E-state index contributed by atoms with van der Waals surface area (Å²) in [5.74, 6) is 1.44. The lowest BCUT2D eigenvalue weighted by molar-refractivity contribution is -0.118. The molecule has 120 valence electrons. The lowest BCUT2D eigenvalue weighted by Crippen LogP contribution is -2.28. The fourth-order valence-electron chi connectivity index (χ4n) is 2.23. The van der Waals surface area contributed by atoms with Crippen LogP contribution in [0.3, 0.4) is 0 Å². The second kappa shape index (κ2) is 6.54. The maximum absolute atomic E-state index is 11.9. The Labute approximate surface area is 138 Å². The van der Waals surface area contributed by atoms with Gasteiger partial charge >= 0.3 is 0 Å². The third-order valence-corrected chi connectivity index (χ3v) is 4.22. The predicted molar refractivity (Wildman–Crippen MR) is 91.6 cm³/mol. The van der Waals surface area contributed by atoms with Crippen LogP contribution in [0.1, 0.15) is 19.7 Å². The molecule has 3 aromatic rings. The van der Waals surface area contributed by atoms with Crippen molar-refractivity contribution >= 4 is 34.2 Å². The molecule has 2 aromatic heterocycles. The number of aryl methyl sites for hydroxylation is 1. The van der Waals surface area contributed by atoms with Crippen molar-refractivity contribution in [3.8, 4) is 0 Å². The van der Waals surface area contributed by atoms with Crippen LogP contribution in [-0.2, 0) is 4.79 Å². The van der Waals surface area contributed by atoms with Crippen molar-refractivity contribution in [3.63, 3.8) is 0 Å². The molecule has 6 nitrogen and oxygen atoms in total. The lowest BCUT2D eigenvalue weighted by atomic mass is 10.2. The number of aromatic nitrogens is 4. The number of nitrogens with one attached hydrogen (secondary N) is 1. The second-order valence-corrected chi connectivity index (χ2v) is 6.74. The number of para-hydroxylation sites is 1. The standard InChI is InChI=1S/C16H19N5OS/c1-10(2)8-17-14(22)9-23-16-19-13-7-5-4-6-12(13)15-18-11(3)20-21(15)16/h4-7,10H,8-9H2,1-3H3,(H,17,22). The van der Waals surface area contributed by atoms with Gasteiger partial charge in [0.25, 0.3) is 0 Å². The Balaban J connectivity index is 1.89. The Kier molecular flexibility index (Phi) is 4.47. The molecule has 0 saturated heterocycles. The fraction of sp³-hybridized carbons (Fsp3) is 0.375. The highest BCUT2D eigenvalue weighted by molar-refractivity contribution is 7.99. The summed E-state index contributed by atoms with van der Waals surface area (Å²) < 4.78 is 1.72. The zero-order valence-corrected chi connectivity index (χ0v) is 14.2. The quantitative estimate of drug-likeness (QED) is 0.575. The topological polar surface area (TPSA) is 72.2 Å². The van der Waals surface area contributed by atoms with Gasteiger partial charge in [-0.25, -0.2) is 9.97 Å². The number of amides is 1. The minimum atomic E-state index is 0.00338. The molecule has 0 unspecified atom stereocenters. The van der Waals surface area contributed by atoms with Gasteiger partial charge in [0.1, 0.15) is 5.82 Å². The summed E-state index contributed by atoms with van der Waals surface area (Å²) in [6.07, 6.45) is 0. The first kappa shape index (κ1) is 15.7. The van der Waals surface area contributed by atoms with Crippen LogP contribution in [-0.4, -0.2) is 37.8 Å². The third kappa shape index (κ3) is 3.44. The highest BCUT2D eigenvalue weighted by Crippen LogP contribution is 2.23. The van der Waals surface area contributed by atoms with Gasteiger partial charge in [-0.3, -0.25) is 4.79 Å². The van der Waals surface area contributed by atoms with Crippen molar-refractivity contribution in [2.45, 2.75) is 25.9 Å². The Morgan fingerprint density at radius 3 is 2.87 bits per heavy atom. The van der Waals surface area contributed by atoms with Gasteiger partial charge in [0.15, 0.2) is 10.8 Å². The molecule has 0 aliphatic heterocycles. The number of hydrogen-bond donors (Lipinski definition) is 1. The molecule has 1 aromatic carbocycles. The predicted octanol–water partition coefficient (Wildman–Crippen LogP) is 2.45. The Hall–Kier alpha value is -2.15. The number of fused-ring (bicyclic) bond motifs is 3. The molecular weight excluding hydrogens is 310 g/mol. The van der Waals surface area contributed by atoms with Crippen LogP contribution >= 0.6 is 11.8 Å². The molecule has 0 aliphatic carbocycles. The van der Waals surface area contributed by atoms with E-state index in [9.17, 15) is 4.79 Å². The number of hydrogen-bond acceptors (Lipinski definition) is 5. The summed E-state index contributed by atoms with van der Waals surface area (Å²) in [5.41, 5.74) is 1.63. The fourth-order valence-corrected chi connectivity index (χ4v) is 3.00. The van der Waals surface area contributed by atoms with E-state index in [0.29, 0.717) is 29.2 Å². The summed E-state index contributed by atoms with van der Waals surface area (Å²) >= 11 is 1.38. The van der Waals surface area contributed by atoms with Crippen LogP contribution in [0.2, 0.25) is 0 Å². The van der Waals surface area contributed by atoms with Crippen LogP contribution in [0.25, 0.3) is 16.6 Å². The van der Waals surface area contributed by atoms with E-state index in [1.165, 1.54) is 11.8 Å². The first-order chi connectivity index (χ1) is 11.0. The van der Waals surface area contributed by atoms with E-state index in [2.05, 4.69) is 34.2 Å². The van der Waals surface area contributed by atoms with Crippen LogP contribution in [0, 0.1) is 12.8 Å². The van der Waals surface area contributed by atoms with E-state index < -0.39 is 0 Å². The van der Waals surface area contributed by atoms with Gasteiger partial charge in [-0.05, 0) is 25.0 Å². The summed E-state index contributed by atoms with van der Waals surface area (Å²) in [6.45, 7) is 6.67. The summed E-state index contributed by atoms with van der Waals surface area (Å²) in [5, 5.41) is 8.96. The highest BCUT2D eigenvalue weighted by atomic mass is 32.2. The molecule has 0 aliphatic rings. The van der Waals surface area contributed by atoms with Crippen molar-refractivity contribution in [1.82, 2.24) is 24.9 Å². The summed E-state index contributed by atoms with van der Waals surface area (Å²) in [7, 11) is 0. The van der Waals surface area contributed by atoms with Gasteiger partial charge in [0, 0.05) is 11.9 Å². The average molecular weight is 329 g/mol. The first-order valence-corrected chi connectivity index (χ1v) is 8.55. The molecule has 7 heteroatoms. The molecule has 3 rings (SSSR count). The zero-order chi connectivity index (χ0) is 16.4. The molecule has 2 heterocycles. The Morgan fingerprint density at radius 1 is 1.30 bits per heavy atom. The monoisotopic (exact) mass is 329 g/mol. The van der Waals surface area contributed by atoms with Crippen LogP contribution in [0.15, 0.2) is 29.4 Å². The van der Waals surface area contributed by atoms with E-state index in [0.717, 1.165) is 16.6 Å². The average Bonchev–Trinajstić information content (AvgIpc) is 2.92. The number of rotatable bonds is 5. The second-order valence-electron chi connectivity index (χ2n) is 5.79. The molecule has 23 heavy (non-hydrogen) atoms. The van der Waals surface area contributed by atoms with Crippen LogP contribution < -0.4 is 5.32 Å². The van der Waals surface area contributed by atoms with E-state index >= 15 is 0 Å². The maximum atomic E-state index is 11.9. The van der Waals surface area contributed by atoms with Gasteiger partial charge in [0.05, 0.1) is 11.3 Å². The molecule has 0 spiro atoms. The summed E-state index contributed by atoms with van der Waals surface area (Å²) in [4.78, 5) is 21.0. The lowest BCUT2D eigenvalue weighted by Gasteiger charge is -2.08. The molecular formula is C16H19N5OS. The Morgan fingerprint density at radius 2 is 2.09 bits per heavy atom. The number of benzene rings is 1. The smallest absolute Gasteiger partial charge is 0.230 e. The van der Waals surface area contributed by atoms with Crippen molar-refractivity contribution < 1.29 is 4.79 Å². The summed E-state index contributed by atoms with van der Waals surface area (Å²) in [6, 6.07) is 7.83. The minimum absolute atomic E-state index is 0.00338. The van der Waals surface area contributed by atoms with Crippen molar-refractivity contribution in [3.05, 3.63) is 30.1 Å². The molecule has 0 atom stereocenters. The van der Waals surface area contributed by atoms with Gasteiger partial charge in [-0.2, -0.15) is 4.52 Å². The molecule has 1 N–H and O–H groups in total. The van der Waals surface area contributed by atoms with Gasteiger partial charge in [-0.15, -0.1) is 5.10 Å². The van der Waals surface area contributed by atoms with Gasteiger partial charge in [-0.1, -0.05) is 37.7 Å². The van der Waals surface area contributed by atoms with E-state index in [-0.39, 0.29) is 5.91 Å². The van der Waals surface area contributed by atoms with E-state index in [4.69, 9.17) is 0 Å².